The van der Waals surface area contributed by atoms with Gasteiger partial charge in [-0.05, 0) is 50.6 Å². The lowest BCUT2D eigenvalue weighted by Gasteiger charge is -2.34. The fourth-order valence-corrected chi connectivity index (χ4v) is 2.61. The lowest BCUT2D eigenvalue weighted by atomic mass is 10.0. The summed E-state index contributed by atoms with van der Waals surface area (Å²) < 4.78 is 36.9. The highest BCUT2D eigenvalue weighted by Crippen LogP contribution is 2.21. The standard InChI is InChI=1S/C14H20F3N3/c1-11(12-2-6-18-7-3-12)19-13-4-8-20(9-5-13)10-14(15,16)17/h2-3,6-7,11,13,19H,4-5,8-10H2,1H3/t11-/m1/s1. The van der Waals surface area contributed by atoms with Gasteiger partial charge in [-0.15, -0.1) is 0 Å². The molecule has 0 unspecified atom stereocenters. The van der Waals surface area contributed by atoms with Gasteiger partial charge in [0.05, 0.1) is 6.54 Å². The Morgan fingerprint density at radius 3 is 2.45 bits per heavy atom. The SMILES string of the molecule is C[C@@H](NC1CCN(CC(F)(F)F)CC1)c1ccncc1. The van der Waals surface area contributed by atoms with Crippen molar-refractivity contribution in [3.63, 3.8) is 0 Å². The summed E-state index contributed by atoms with van der Waals surface area (Å²) in [5, 5.41) is 3.48. The van der Waals surface area contributed by atoms with Crippen LogP contribution in [0.15, 0.2) is 24.5 Å². The topological polar surface area (TPSA) is 28.2 Å². The highest BCUT2D eigenvalue weighted by atomic mass is 19.4. The number of alkyl halides is 3. The van der Waals surface area contributed by atoms with Crippen molar-refractivity contribution in [3.8, 4) is 0 Å². The first kappa shape index (κ1) is 15.3. The smallest absolute Gasteiger partial charge is 0.307 e. The third-order valence-electron chi connectivity index (χ3n) is 3.68. The fraction of sp³-hybridized carbons (Fsp3) is 0.643. The molecule has 2 heterocycles. The van der Waals surface area contributed by atoms with Crippen molar-refractivity contribution in [2.24, 2.45) is 0 Å². The van der Waals surface area contributed by atoms with E-state index in [1.165, 1.54) is 4.90 Å². The van der Waals surface area contributed by atoms with Crippen LogP contribution in [0.5, 0.6) is 0 Å². The molecule has 20 heavy (non-hydrogen) atoms. The molecule has 1 aromatic rings. The van der Waals surface area contributed by atoms with Gasteiger partial charge in [-0.1, -0.05) is 0 Å². The van der Waals surface area contributed by atoms with Crippen molar-refractivity contribution in [1.82, 2.24) is 15.2 Å². The maximum Gasteiger partial charge on any atom is 0.401 e. The molecule has 1 aliphatic heterocycles. The van der Waals surface area contributed by atoms with Gasteiger partial charge >= 0.3 is 6.18 Å². The second-order valence-electron chi connectivity index (χ2n) is 5.33. The van der Waals surface area contributed by atoms with Crippen molar-refractivity contribution < 1.29 is 13.2 Å². The summed E-state index contributed by atoms with van der Waals surface area (Å²) in [6.45, 7) is 2.28. The molecule has 1 N–H and O–H groups in total. The molecule has 1 aromatic heterocycles. The zero-order valence-electron chi connectivity index (χ0n) is 11.5. The van der Waals surface area contributed by atoms with Crippen molar-refractivity contribution in [3.05, 3.63) is 30.1 Å². The first-order valence-corrected chi connectivity index (χ1v) is 6.89. The Labute approximate surface area is 117 Å². The second-order valence-corrected chi connectivity index (χ2v) is 5.33. The number of hydrogen-bond donors (Lipinski definition) is 1. The minimum Gasteiger partial charge on any atom is -0.307 e. The highest BCUT2D eigenvalue weighted by molar-refractivity contribution is 5.14. The van der Waals surface area contributed by atoms with Gasteiger partial charge in [0.2, 0.25) is 0 Å². The molecule has 0 aromatic carbocycles. The lowest BCUT2D eigenvalue weighted by molar-refractivity contribution is -0.148. The molecule has 2 rings (SSSR count). The van der Waals surface area contributed by atoms with Crippen molar-refractivity contribution in [1.29, 1.82) is 0 Å². The predicted molar refractivity (Wildman–Crippen MR) is 71.3 cm³/mol. The normalized spacial score (nSPS) is 20.0. The zero-order valence-corrected chi connectivity index (χ0v) is 11.5. The summed E-state index contributed by atoms with van der Waals surface area (Å²) in [6.07, 6.45) is 0.917. The number of aromatic nitrogens is 1. The van der Waals surface area contributed by atoms with Gasteiger partial charge in [-0.3, -0.25) is 9.88 Å². The summed E-state index contributed by atoms with van der Waals surface area (Å²) in [5.74, 6) is 0. The van der Waals surface area contributed by atoms with E-state index < -0.39 is 12.7 Å². The fourth-order valence-electron chi connectivity index (χ4n) is 2.61. The van der Waals surface area contributed by atoms with Crippen LogP contribution in [-0.4, -0.2) is 41.7 Å². The molecule has 0 radical (unpaired) electrons. The predicted octanol–water partition coefficient (Wildman–Crippen LogP) is 2.76. The average molecular weight is 287 g/mol. The van der Waals surface area contributed by atoms with Crippen LogP contribution in [0.4, 0.5) is 13.2 Å². The number of hydrogen-bond acceptors (Lipinski definition) is 3. The molecule has 1 atom stereocenters. The molecular weight excluding hydrogens is 267 g/mol. The zero-order chi connectivity index (χ0) is 14.6. The quantitative estimate of drug-likeness (QED) is 0.923. The van der Waals surface area contributed by atoms with Crippen molar-refractivity contribution >= 4 is 0 Å². The molecule has 0 saturated carbocycles. The van der Waals surface area contributed by atoms with Crippen LogP contribution in [0.3, 0.4) is 0 Å². The first-order chi connectivity index (χ1) is 9.44. The van der Waals surface area contributed by atoms with Gasteiger partial charge in [0.15, 0.2) is 0 Å². The molecule has 6 heteroatoms. The van der Waals surface area contributed by atoms with Crippen molar-refractivity contribution in [2.75, 3.05) is 19.6 Å². The minimum atomic E-state index is -4.09. The van der Waals surface area contributed by atoms with E-state index >= 15 is 0 Å². The molecule has 1 saturated heterocycles. The van der Waals surface area contributed by atoms with Gasteiger partial charge in [0, 0.05) is 24.5 Å². The van der Waals surface area contributed by atoms with E-state index in [1.807, 2.05) is 12.1 Å². The number of likely N-dealkylation sites (tertiary alicyclic amines) is 1. The summed E-state index contributed by atoms with van der Waals surface area (Å²) >= 11 is 0. The Bertz CT molecular complexity index is 400. The maximum atomic E-state index is 12.3. The van der Waals surface area contributed by atoms with Gasteiger partial charge in [0.1, 0.15) is 0 Å². The van der Waals surface area contributed by atoms with E-state index in [4.69, 9.17) is 0 Å². The largest absolute Gasteiger partial charge is 0.401 e. The van der Waals surface area contributed by atoms with E-state index in [0.717, 1.165) is 18.4 Å². The highest BCUT2D eigenvalue weighted by Gasteiger charge is 2.32. The van der Waals surface area contributed by atoms with Crippen LogP contribution >= 0.6 is 0 Å². The molecule has 0 spiro atoms. The number of nitrogens with zero attached hydrogens (tertiary/aromatic N) is 2. The molecule has 0 amide bonds. The molecule has 1 fully saturated rings. The summed E-state index contributed by atoms with van der Waals surface area (Å²) in [5.41, 5.74) is 1.15. The van der Waals surface area contributed by atoms with Crippen molar-refractivity contribution in [2.45, 2.75) is 38.0 Å². The van der Waals surface area contributed by atoms with E-state index in [2.05, 4.69) is 17.2 Å². The number of rotatable bonds is 4. The number of pyridine rings is 1. The van der Waals surface area contributed by atoms with Gasteiger partial charge in [0.25, 0.3) is 0 Å². The van der Waals surface area contributed by atoms with Crippen LogP contribution in [0.1, 0.15) is 31.4 Å². The van der Waals surface area contributed by atoms with Gasteiger partial charge in [-0.25, -0.2) is 0 Å². The van der Waals surface area contributed by atoms with E-state index in [0.29, 0.717) is 13.1 Å². The third-order valence-corrected chi connectivity index (χ3v) is 3.68. The second kappa shape index (κ2) is 6.54. The third kappa shape index (κ3) is 4.76. The van der Waals surface area contributed by atoms with Gasteiger partial charge in [-0.2, -0.15) is 13.2 Å². The summed E-state index contributed by atoms with van der Waals surface area (Å²) in [7, 11) is 0. The van der Waals surface area contributed by atoms with E-state index in [1.54, 1.807) is 12.4 Å². The minimum absolute atomic E-state index is 0.192. The number of piperidine rings is 1. The van der Waals surface area contributed by atoms with Crippen LogP contribution in [-0.2, 0) is 0 Å². The lowest BCUT2D eigenvalue weighted by Crippen LogP contribution is -2.46. The Morgan fingerprint density at radius 2 is 1.90 bits per heavy atom. The Hall–Kier alpha value is -1.14. The number of halogens is 3. The van der Waals surface area contributed by atoms with E-state index in [-0.39, 0.29) is 12.1 Å². The Balaban J connectivity index is 1.77. The molecule has 1 aliphatic rings. The molecule has 0 bridgehead atoms. The Kier molecular flexibility index (Phi) is 4.99. The average Bonchev–Trinajstić information content (AvgIpc) is 2.40. The molecule has 3 nitrogen and oxygen atoms in total. The summed E-state index contributed by atoms with van der Waals surface area (Å²) in [6, 6.07) is 4.38. The Morgan fingerprint density at radius 1 is 1.30 bits per heavy atom. The molecule has 0 aliphatic carbocycles. The van der Waals surface area contributed by atoms with Crippen LogP contribution in [0, 0.1) is 0 Å². The molecular formula is C14H20F3N3. The summed E-state index contributed by atoms with van der Waals surface area (Å²) in [4.78, 5) is 5.46. The van der Waals surface area contributed by atoms with E-state index in [9.17, 15) is 13.2 Å². The monoisotopic (exact) mass is 287 g/mol. The maximum absolute atomic E-state index is 12.3. The first-order valence-electron chi connectivity index (χ1n) is 6.89. The number of nitrogens with one attached hydrogen (secondary N) is 1. The molecule has 112 valence electrons. The van der Waals surface area contributed by atoms with Crippen LogP contribution in [0.2, 0.25) is 0 Å². The van der Waals surface area contributed by atoms with Gasteiger partial charge < -0.3 is 5.32 Å². The van der Waals surface area contributed by atoms with Crippen LogP contribution in [0.25, 0.3) is 0 Å². The van der Waals surface area contributed by atoms with Crippen LogP contribution < -0.4 is 5.32 Å².